The van der Waals surface area contributed by atoms with E-state index in [1.807, 2.05) is 31.2 Å². The average molecular weight is 459 g/mol. The minimum atomic E-state index is 0.0302. The molecule has 4 rings (SSSR count). The first-order valence-corrected chi connectivity index (χ1v) is 11.8. The summed E-state index contributed by atoms with van der Waals surface area (Å²) in [6.45, 7) is 8.28. The Morgan fingerprint density at radius 1 is 1.00 bits per heavy atom. The molecule has 4 aromatic rings. The van der Waals surface area contributed by atoms with Gasteiger partial charge in [0.05, 0.1) is 12.3 Å². The first kappa shape index (κ1) is 22.7. The van der Waals surface area contributed by atoms with Gasteiger partial charge in [0, 0.05) is 34.8 Å². The van der Waals surface area contributed by atoms with Crippen LogP contribution in [0.2, 0.25) is 0 Å². The van der Waals surface area contributed by atoms with Gasteiger partial charge in [0.25, 0.3) is 0 Å². The molecule has 0 fully saturated rings. The quantitative estimate of drug-likeness (QED) is 0.244. The number of carbonyl (C=O) groups excluding carboxylic acids is 1. The zero-order valence-electron chi connectivity index (χ0n) is 19.2. The van der Waals surface area contributed by atoms with Crippen molar-refractivity contribution in [2.75, 3.05) is 6.61 Å². The van der Waals surface area contributed by atoms with Crippen LogP contribution < -0.4 is 4.74 Å². The average Bonchev–Trinajstić information content (AvgIpc) is 3.25. The third-order valence-electron chi connectivity index (χ3n) is 5.44. The predicted octanol–water partition coefficient (Wildman–Crippen LogP) is 5.84. The van der Waals surface area contributed by atoms with Crippen LogP contribution in [-0.4, -0.2) is 32.1 Å². The van der Waals surface area contributed by atoms with Crippen LogP contribution in [0.5, 0.6) is 5.75 Å². The molecular weight excluding hydrogens is 432 g/mol. The highest BCUT2D eigenvalue weighted by Gasteiger charge is 2.18. The van der Waals surface area contributed by atoms with Crippen molar-refractivity contribution in [2.45, 2.75) is 38.6 Å². The number of pyridine rings is 1. The normalized spacial score (nSPS) is 10.9. The molecule has 0 spiro atoms. The summed E-state index contributed by atoms with van der Waals surface area (Å²) in [4.78, 5) is 16.0. The Balaban J connectivity index is 1.75. The van der Waals surface area contributed by atoms with Gasteiger partial charge in [-0.1, -0.05) is 17.8 Å². The lowest BCUT2D eigenvalue weighted by Crippen LogP contribution is -2.02. The number of ether oxygens (including phenoxy) is 1. The van der Waals surface area contributed by atoms with Crippen molar-refractivity contribution in [2.24, 2.45) is 0 Å². The first-order chi connectivity index (χ1) is 16.0. The van der Waals surface area contributed by atoms with E-state index >= 15 is 0 Å². The molecule has 0 saturated heterocycles. The smallest absolute Gasteiger partial charge is 0.196 e. The summed E-state index contributed by atoms with van der Waals surface area (Å²) < 4.78 is 7.88. The Labute approximate surface area is 198 Å². The van der Waals surface area contributed by atoms with Crippen LogP contribution in [0.3, 0.4) is 0 Å². The number of benzene rings is 2. The van der Waals surface area contributed by atoms with E-state index in [0.29, 0.717) is 17.9 Å². The van der Waals surface area contributed by atoms with Gasteiger partial charge in [0.1, 0.15) is 5.75 Å². The molecule has 0 aliphatic rings. The molecule has 0 saturated carbocycles. The Bertz CT molecular complexity index is 1280. The van der Waals surface area contributed by atoms with Crippen LogP contribution in [0.25, 0.3) is 17.1 Å². The lowest BCUT2D eigenvalue weighted by atomic mass is 10.1. The predicted molar refractivity (Wildman–Crippen MR) is 131 cm³/mol. The van der Waals surface area contributed by atoms with Gasteiger partial charge < -0.3 is 4.74 Å². The molecule has 2 aromatic heterocycles. The third-order valence-corrected chi connectivity index (χ3v) is 6.42. The summed E-state index contributed by atoms with van der Waals surface area (Å²) >= 11 is 1.56. The number of Topliss-reactive ketones (excluding diaryl/α,β-unsaturated/α-hetero) is 1. The second-order valence-corrected chi connectivity index (χ2v) is 8.69. The molecule has 168 valence electrons. The number of thioether (sulfide) groups is 1. The van der Waals surface area contributed by atoms with Gasteiger partial charge in [0.15, 0.2) is 16.8 Å². The lowest BCUT2D eigenvalue weighted by molar-refractivity contribution is 0.101. The monoisotopic (exact) mass is 458 g/mol. The molecule has 0 atom stereocenters. The largest absolute Gasteiger partial charge is 0.494 e. The molecule has 0 amide bonds. The fourth-order valence-electron chi connectivity index (χ4n) is 3.50. The van der Waals surface area contributed by atoms with Gasteiger partial charge in [-0.15, -0.1) is 10.2 Å². The molecular formula is C26H26N4O2S. The van der Waals surface area contributed by atoms with Crippen LogP contribution in [0.1, 0.15) is 40.9 Å². The van der Waals surface area contributed by atoms with Crippen molar-refractivity contribution in [1.82, 2.24) is 19.7 Å². The molecule has 0 radical (unpaired) electrons. The Hall–Kier alpha value is -3.45. The van der Waals surface area contributed by atoms with Crippen molar-refractivity contribution >= 4 is 17.5 Å². The van der Waals surface area contributed by atoms with Crippen LogP contribution in [0, 0.1) is 13.8 Å². The second kappa shape index (κ2) is 10.0. The standard InChI is InChI=1S/C26H26N4O2S/c1-5-32-24-9-7-21(19(4)31)15-22(24)16-33-26-29-28-25(20-10-12-27-13-11-20)30(26)23-8-6-17(2)18(3)14-23/h6-15H,5,16H2,1-4H3. The summed E-state index contributed by atoms with van der Waals surface area (Å²) in [5, 5.41) is 9.79. The van der Waals surface area contributed by atoms with E-state index in [9.17, 15) is 4.79 Å². The maximum absolute atomic E-state index is 11.9. The number of carbonyl (C=O) groups is 1. The molecule has 0 aliphatic carbocycles. The van der Waals surface area contributed by atoms with E-state index in [0.717, 1.165) is 33.5 Å². The van der Waals surface area contributed by atoms with Crippen molar-refractivity contribution in [3.05, 3.63) is 83.2 Å². The molecule has 0 aliphatic heterocycles. The molecule has 33 heavy (non-hydrogen) atoms. The maximum Gasteiger partial charge on any atom is 0.196 e. The SMILES string of the molecule is CCOc1ccc(C(C)=O)cc1CSc1nnc(-c2ccncc2)n1-c1ccc(C)c(C)c1. The number of hydrogen-bond donors (Lipinski definition) is 0. The zero-order valence-corrected chi connectivity index (χ0v) is 20.0. The van der Waals surface area contributed by atoms with E-state index < -0.39 is 0 Å². The highest BCUT2D eigenvalue weighted by Crippen LogP contribution is 2.33. The van der Waals surface area contributed by atoms with E-state index in [4.69, 9.17) is 4.74 Å². The van der Waals surface area contributed by atoms with E-state index in [2.05, 4.69) is 51.8 Å². The minimum Gasteiger partial charge on any atom is -0.494 e. The Morgan fingerprint density at radius 2 is 1.79 bits per heavy atom. The number of rotatable bonds is 8. The van der Waals surface area contributed by atoms with Crippen LogP contribution in [-0.2, 0) is 5.75 Å². The number of aromatic nitrogens is 4. The summed E-state index contributed by atoms with van der Waals surface area (Å²) in [5.41, 5.74) is 5.99. The van der Waals surface area contributed by atoms with Gasteiger partial charge in [-0.05, 0) is 81.3 Å². The van der Waals surface area contributed by atoms with Crippen LogP contribution in [0.4, 0.5) is 0 Å². The zero-order chi connectivity index (χ0) is 23.4. The fourth-order valence-corrected chi connectivity index (χ4v) is 4.43. The number of nitrogens with zero attached hydrogens (tertiary/aromatic N) is 4. The van der Waals surface area contributed by atoms with E-state index in [1.54, 1.807) is 37.1 Å². The molecule has 2 aromatic carbocycles. The molecule has 0 unspecified atom stereocenters. The van der Waals surface area contributed by atoms with Gasteiger partial charge >= 0.3 is 0 Å². The summed E-state index contributed by atoms with van der Waals surface area (Å²) in [7, 11) is 0. The number of aryl methyl sites for hydroxylation is 2. The Morgan fingerprint density at radius 3 is 2.48 bits per heavy atom. The van der Waals surface area contributed by atoms with Gasteiger partial charge in [-0.3, -0.25) is 14.3 Å². The molecule has 6 nitrogen and oxygen atoms in total. The summed E-state index contributed by atoms with van der Waals surface area (Å²) in [6.07, 6.45) is 3.51. The molecule has 0 bridgehead atoms. The first-order valence-electron chi connectivity index (χ1n) is 10.8. The highest BCUT2D eigenvalue weighted by atomic mass is 32.2. The molecule has 7 heteroatoms. The molecule has 2 heterocycles. The topological polar surface area (TPSA) is 69.9 Å². The highest BCUT2D eigenvalue weighted by molar-refractivity contribution is 7.98. The minimum absolute atomic E-state index is 0.0302. The summed E-state index contributed by atoms with van der Waals surface area (Å²) in [5.74, 6) is 2.16. The van der Waals surface area contributed by atoms with Crippen LogP contribution >= 0.6 is 11.8 Å². The third kappa shape index (κ3) is 4.98. The van der Waals surface area contributed by atoms with Gasteiger partial charge in [-0.2, -0.15) is 0 Å². The Kier molecular flexibility index (Phi) is 6.89. The second-order valence-electron chi connectivity index (χ2n) is 7.75. The van der Waals surface area contributed by atoms with E-state index in [1.165, 1.54) is 11.1 Å². The van der Waals surface area contributed by atoms with Crippen molar-refractivity contribution < 1.29 is 9.53 Å². The van der Waals surface area contributed by atoms with Crippen molar-refractivity contribution in [3.63, 3.8) is 0 Å². The van der Waals surface area contributed by atoms with Gasteiger partial charge in [-0.25, -0.2) is 0 Å². The molecule has 0 N–H and O–H groups in total. The maximum atomic E-state index is 11.9. The van der Waals surface area contributed by atoms with Crippen molar-refractivity contribution in [3.8, 4) is 22.8 Å². The number of hydrogen-bond acceptors (Lipinski definition) is 6. The lowest BCUT2D eigenvalue weighted by Gasteiger charge is -2.14. The van der Waals surface area contributed by atoms with Crippen LogP contribution in [0.15, 0.2) is 66.1 Å². The van der Waals surface area contributed by atoms with E-state index in [-0.39, 0.29) is 5.78 Å². The van der Waals surface area contributed by atoms with Gasteiger partial charge in [0.2, 0.25) is 0 Å². The van der Waals surface area contributed by atoms with Crippen molar-refractivity contribution in [1.29, 1.82) is 0 Å². The fraction of sp³-hybridized carbons (Fsp3) is 0.231. The summed E-state index contributed by atoms with van der Waals surface area (Å²) in [6, 6.07) is 15.8. The number of ketones is 1.